The maximum Gasteiger partial charge on any atom is 0.150 e. The molecule has 1 nitrogen and oxygen atoms in total. The molecule has 0 aromatic heterocycles. The maximum atomic E-state index is 11.1. The molecular weight excluding hydrogens is 272 g/mol. The topological polar surface area (TPSA) is 17.1 Å². The Labute approximate surface area is 82.8 Å². The zero-order valence-electron chi connectivity index (χ0n) is 5.89. The highest BCUT2D eigenvalue weighted by Crippen LogP contribution is 2.20. The van der Waals surface area contributed by atoms with E-state index in [1.54, 1.807) is 0 Å². The minimum absolute atomic E-state index is 0.0793. The summed E-state index contributed by atoms with van der Waals surface area (Å²) in [5.74, 6) is 0.327. The first kappa shape index (κ1) is 9.20. The van der Waals surface area contributed by atoms with Crippen LogP contribution >= 0.6 is 31.9 Å². The van der Waals surface area contributed by atoms with Gasteiger partial charge in [0.1, 0.15) is 0 Å². The zero-order valence-corrected chi connectivity index (χ0v) is 9.06. The minimum atomic E-state index is 0.0793. The van der Waals surface area contributed by atoms with Crippen LogP contribution in [-0.4, -0.2) is 11.1 Å². The van der Waals surface area contributed by atoms with E-state index in [0.717, 1.165) is 10.9 Å². The zero-order chi connectivity index (χ0) is 8.27. The molecule has 0 aliphatic heterocycles. The van der Waals surface area contributed by atoms with Gasteiger partial charge in [-0.15, -0.1) is 0 Å². The summed E-state index contributed by atoms with van der Waals surface area (Å²) in [6.45, 7) is 0. The van der Waals surface area contributed by atoms with Gasteiger partial charge in [-0.1, -0.05) is 50.1 Å². The van der Waals surface area contributed by atoms with Crippen molar-refractivity contribution in [1.82, 2.24) is 0 Å². The minimum Gasteiger partial charge on any atom is -0.298 e. The van der Waals surface area contributed by atoms with E-state index in [4.69, 9.17) is 0 Å². The third-order valence-electron chi connectivity index (χ3n) is 1.60. The molecule has 3 heteroatoms. The molecule has 0 aromatic carbocycles. The van der Waals surface area contributed by atoms with Crippen molar-refractivity contribution in [1.29, 1.82) is 0 Å². The number of hydrogen-bond donors (Lipinski definition) is 0. The number of carbonyl (C=O) groups is 1. The van der Waals surface area contributed by atoms with Crippen molar-refractivity contribution in [2.24, 2.45) is 5.92 Å². The summed E-state index contributed by atoms with van der Waals surface area (Å²) in [5, 5.41) is 0.452. The van der Waals surface area contributed by atoms with Gasteiger partial charge < -0.3 is 0 Å². The number of halogens is 2. The summed E-state index contributed by atoms with van der Waals surface area (Å²) in [4.78, 5) is 11.1. The van der Waals surface area contributed by atoms with Gasteiger partial charge in [-0.2, -0.15) is 0 Å². The molecule has 0 fully saturated rings. The van der Waals surface area contributed by atoms with Gasteiger partial charge in [0.25, 0.3) is 0 Å². The van der Waals surface area contributed by atoms with E-state index < -0.39 is 0 Å². The Morgan fingerprint density at radius 3 is 2.91 bits per heavy atom. The molecule has 0 aromatic rings. The average molecular weight is 280 g/mol. The van der Waals surface area contributed by atoms with Crippen LogP contribution in [0, 0.1) is 5.92 Å². The Morgan fingerprint density at radius 1 is 1.73 bits per heavy atom. The number of hydrogen-bond acceptors (Lipinski definition) is 1. The number of carbonyl (C=O) groups excluding carboxylic acids is 1. The number of Topliss-reactive ketones (excluding diaryl/α,β-unsaturated/α-hetero) is 1. The third-order valence-corrected chi connectivity index (χ3v) is 2.74. The molecule has 11 heavy (non-hydrogen) atoms. The Balaban J connectivity index is 2.55. The van der Waals surface area contributed by atoms with Crippen molar-refractivity contribution in [3.8, 4) is 0 Å². The first-order chi connectivity index (χ1) is 5.24. The third kappa shape index (κ3) is 2.56. The van der Waals surface area contributed by atoms with E-state index in [1.807, 2.05) is 18.2 Å². The summed E-state index contributed by atoms with van der Waals surface area (Å²) in [6.07, 6.45) is 6.70. The fourth-order valence-corrected chi connectivity index (χ4v) is 1.69. The summed E-state index contributed by atoms with van der Waals surface area (Å²) >= 11 is 6.49. The SMILES string of the molecule is O=C(CBr)C1C=CC(Br)=CC1. The van der Waals surface area contributed by atoms with Gasteiger partial charge in [0, 0.05) is 10.4 Å². The van der Waals surface area contributed by atoms with Crippen LogP contribution in [0.2, 0.25) is 0 Å². The molecule has 1 aliphatic rings. The van der Waals surface area contributed by atoms with Crippen LogP contribution < -0.4 is 0 Å². The predicted octanol–water partition coefficient (Wildman–Crippen LogP) is 2.81. The standard InChI is InChI=1S/C8H8Br2O/c9-5-8(11)6-1-3-7(10)4-2-6/h1,3-4,6H,2,5H2. The molecule has 1 atom stereocenters. The van der Waals surface area contributed by atoms with Crippen molar-refractivity contribution >= 4 is 37.6 Å². The molecule has 0 spiro atoms. The van der Waals surface area contributed by atoms with E-state index >= 15 is 0 Å². The molecule has 60 valence electrons. The lowest BCUT2D eigenvalue weighted by atomic mass is 9.97. The van der Waals surface area contributed by atoms with Crippen LogP contribution in [0.3, 0.4) is 0 Å². The van der Waals surface area contributed by atoms with Gasteiger partial charge in [-0.3, -0.25) is 4.79 Å². The van der Waals surface area contributed by atoms with Gasteiger partial charge in [0.2, 0.25) is 0 Å². The molecule has 0 saturated heterocycles. The molecule has 1 aliphatic carbocycles. The number of ketones is 1. The second kappa shape index (κ2) is 4.21. The lowest BCUT2D eigenvalue weighted by molar-refractivity contribution is -0.118. The summed E-state index contributed by atoms with van der Waals surface area (Å²) in [5.41, 5.74) is 0. The second-order valence-electron chi connectivity index (χ2n) is 2.39. The van der Waals surface area contributed by atoms with E-state index in [2.05, 4.69) is 31.9 Å². The molecule has 1 rings (SSSR count). The van der Waals surface area contributed by atoms with Gasteiger partial charge >= 0.3 is 0 Å². The predicted molar refractivity (Wildman–Crippen MR) is 53.1 cm³/mol. The molecule has 0 amide bonds. The average Bonchev–Trinajstić information content (AvgIpc) is 2.05. The van der Waals surface area contributed by atoms with Crippen molar-refractivity contribution in [3.05, 3.63) is 22.7 Å². The number of rotatable bonds is 2. The lowest BCUT2D eigenvalue weighted by Gasteiger charge is -2.10. The van der Waals surface area contributed by atoms with Gasteiger partial charge in [-0.05, 0) is 6.42 Å². The number of alkyl halides is 1. The lowest BCUT2D eigenvalue weighted by Crippen LogP contribution is -2.13. The van der Waals surface area contributed by atoms with E-state index in [0.29, 0.717) is 5.33 Å². The first-order valence-corrected chi connectivity index (χ1v) is 5.28. The van der Waals surface area contributed by atoms with Gasteiger partial charge in [0.15, 0.2) is 5.78 Å². The Hall–Kier alpha value is 0.110. The smallest absolute Gasteiger partial charge is 0.150 e. The quantitative estimate of drug-likeness (QED) is 0.711. The van der Waals surface area contributed by atoms with Crippen molar-refractivity contribution in [2.75, 3.05) is 5.33 Å². The van der Waals surface area contributed by atoms with Crippen LogP contribution in [0.25, 0.3) is 0 Å². The molecule has 0 saturated carbocycles. The molecular formula is C8H8Br2O. The van der Waals surface area contributed by atoms with Gasteiger partial charge in [-0.25, -0.2) is 0 Å². The van der Waals surface area contributed by atoms with Gasteiger partial charge in [0.05, 0.1) is 5.33 Å². The monoisotopic (exact) mass is 278 g/mol. The summed E-state index contributed by atoms with van der Waals surface area (Å²) in [7, 11) is 0. The maximum absolute atomic E-state index is 11.1. The highest BCUT2D eigenvalue weighted by Gasteiger charge is 2.14. The molecule has 0 N–H and O–H groups in total. The van der Waals surface area contributed by atoms with Crippen LogP contribution in [0.15, 0.2) is 22.7 Å². The summed E-state index contributed by atoms with van der Waals surface area (Å²) in [6, 6.07) is 0. The largest absolute Gasteiger partial charge is 0.298 e. The summed E-state index contributed by atoms with van der Waals surface area (Å²) < 4.78 is 1.07. The van der Waals surface area contributed by atoms with E-state index in [1.165, 1.54) is 0 Å². The van der Waals surface area contributed by atoms with E-state index in [-0.39, 0.29) is 11.7 Å². The normalized spacial score (nSPS) is 23.1. The van der Waals surface area contributed by atoms with Crippen LogP contribution in [0.4, 0.5) is 0 Å². The fourth-order valence-electron chi connectivity index (χ4n) is 0.932. The van der Waals surface area contributed by atoms with Crippen LogP contribution in [-0.2, 0) is 4.79 Å². The second-order valence-corrected chi connectivity index (χ2v) is 3.87. The molecule has 0 heterocycles. The van der Waals surface area contributed by atoms with Crippen molar-refractivity contribution < 1.29 is 4.79 Å². The Kier molecular flexibility index (Phi) is 3.52. The first-order valence-electron chi connectivity index (χ1n) is 3.36. The molecule has 0 radical (unpaired) electrons. The highest BCUT2D eigenvalue weighted by atomic mass is 79.9. The molecule has 0 bridgehead atoms. The fraction of sp³-hybridized carbons (Fsp3) is 0.375. The van der Waals surface area contributed by atoms with Crippen molar-refractivity contribution in [3.63, 3.8) is 0 Å². The van der Waals surface area contributed by atoms with Crippen LogP contribution in [0.1, 0.15) is 6.42 Å². The van der Waals surface area contributed by atoms with Crippen LogP contribution in [0.5, 0.6) is 0 Å². The highest BCUT2D eigenvalue weighted by molar-refractivity contribution is 9.11. The molecule has 1 unspecified atom stereocenters. The van der Waals surface area contributed by atoms with E-state index in [9.17, 15) is 4.79 Å². The Morgan fingerprint density at radius 2 is 2.45 bits per heavy atom. The van der Waals surface area contributed by atoms with Crippen molar-refractivity contribution in [2.45, 2.75) is 6.42 Å². The Bertz CT molecular complexity index is 218. The number of allylic oxidation sites excluding steroid dienone is 4.